The molecule has 0 spiro atoms. The van der Waals surface area contributed by atoms with Crippen LogP contribution in [0.15, 0.2) is 6.20 Å². The van der Waals surface area contributed by atoms with Gasteiger partial charge in [0, 0.05) is 24.3 Å². The van der Waals surface area contributed by atoms with E-state index in [4.69, 9.17) is 5.73 Å². The van der Waals surface area contributed by atoms with Crippen molar-refractivity contribution in [2.75, 3.05) is 7.11 Å². The summed E-state index contributed by atoms with van der Waals surface area (Å²) in [6.07, 6.45) is 2.38. The third-order valence-electron chi connectivity index (χ3n) is 1.93. The van der Waals surface area contributed by atoms with E-state index in [9.17, 15) is 4.79 Å². The van der Waals surface area contributed by atoms with Crippen LogP contribution in [0.1, 0.15) is 29.9 Å². The molecule has 15 heavy (non-hydrogen) atoms. The molecule has 2 N–H and O–H groups in total. The fourth-order valence-electron chi connectivity index (χ4n) is 1.43. The molecule has 84 valence electrons. The molecule has 0 bridgehead atoms. The van der Waals surface area contributed by atoms with E-state index in [2.05, 4.69) is 9.84 Å². The Morgan fingerprint density at radius 1 is 1.67 bits per heavy atom. The van der Waals surface area contributed by atoms with E-state index < -0.39 is 5.97 Å². The third-order valence-corrected chi connectivity index (χ3v) is 1.93. The molecule has 0 aromatic carbocycles. The van der Waals surface area contributed by atoms with Crippen LogP contribution in [0.2, 0.25) is 0 Å². The molecule has 1 aromatic heterocycles. The summed E-state index contributed by atoms with van der Waals surface area (Å²) >= 11 is 0. The molecule has 0 fully saturated rings. The van der Waals surface area contributed by atoms with Crippen molar-refractivity contribution in [1.82, 2.24) is 9.78 Å². The highest BCUT2D eigenvalue weighted by Gasteiger charge is 2.21. The van der Waals surface area contributed by atoms with Gasteiger partial charge in [-0.05, 0) is 20.3 Å². The monoisotopic (exact) mass is 211 g/mol. The fraction of sp³-hybridized carbons (Fsp3) is 0.600. The Balaban J connectivity index is 3.01. The minimum atomic E-state index is -0.421. The van der Waals surface area contributed by atoms with E-state index >= 15 is 0 Å². The van der Waals surface area contributed by atoms with Crippen LogP contribution in [0.3, 0.4) is 0 Å². The quantitative estimate of drug-likeness (QED) is 0.738. The van der Waals surface area contributed by atoms with Gasteiger partial charge in [-0.2, -0.15) is 5.10 Å². The van der Waals surface area contributed by atoms with Crippen molar-refractivity contribution in [1.29, 1.82) is 0 Å². The Kier molecular flexibility index (Phi) is 3.14. The molecular formula is C10H17N3O2. The minimum absolute atomic E-state index is 0.346. The summed E-state index contributed by atoms with van der Waals surface area (Å²) in [4.78, 5) is 11.4. The fourth-order valence-corrected chi connectivity index (χ4v) is 1.43. The Bertz CT molecular complexity index is 363. The zero-order chi connectivity index (χ0) is 11.6. The Morgan fingerprint density at radius 3 is 2.73 bits per heavy atom. The highest BCUT2D eigenvalue weighted by atomic mass is 16.5. The predicted octanol–water partition coefficient (Wildman–Crippen LogP) is 0.487. The van der Waals surface area contributed by atoms with E-state index in [1.165, 1.54) is 7.11 Å². The molecule has 0 radical (unpaired) electrons. The van der Waals surface area contributed by atoms with Crippen molar-refractivity contribution >= 4 is 5.97 Å². The van der Waals surface area contributed by atoms with Crippen molar-refractivity contribution < 1.29 is 9.53 Å². The molecule has 0 saturated heterocycles. The molecule has 0 aliphatic rings. The Labute approximate surface area is 89.2 Å². The van der Waals surface area contributed by atoms with Crippen molar-refractivity contribution in [2.24, 2.45) is 12.8 Å². The number of hydrogen-bond donors (Lipinski definition) is 1. The minimum Gasteiger partial charge on any atom is -0.464 e. The Hall–Kier alpha value is -1.36. The average Bonchev–Trinajstić information content (AvgIpc) is 2.42. The molecule has 0 unspecified atom stereocenters. The van der Waals surface area contributed by atoms with Gasteiger partial charge in [-0.1, -0.05) is 0 Å². The molecule has 5 nitrogen and oxygen atoms in total. The van der Waals surface area contributed by atoms with E-state index in [0.717, 1.165) is 5.56 Å². The van der Waals surface area contributed by atoms with Crippen molar-refractivity contribution in [3.63, 3.8) is 0 Å². The van der Waals surface area contributed by atoms with Gasteiger partial charge in [0.15, 0.2) is 5.69 Å². The molecule has 1 rings (SSSR count). The molecule has 0 saturated carbocycles. The molecular weight excluding hydrogens is 194 g/mol. The maximum absolute atomic E-state index is 11.4. The van der Waals surface area contributed by atoms with Crippen LogP contribution < -0.4 is 5.73 Å². The van der Waals surface area contributed by atoms with Gasteiger partial charge in [0.05, 0.1) is 7.11 Å². The molecule has 5 heteroatoms. The van der Waals surface area contributed by atoms with Crippen LogP contribution >= 0.6 is 0 Å². The van der Waals surface area contributed by atoms with Gasteiger partial charge in [0.2, 0.25) is 0 Å². The number of carbonyl (C=O) groups is 1. The number of methoxy groups -OCH3 is 1. The van der Waals surface area contributed by atoms with E-state index in [-0.39, 0.29) is 5.54 Å². The zero-order valence-electron chi connectivity index (χ0n) is 9.57. The van der Waals surface area contributed by atoms with Crippen molar-refractivity contribution in [3.8, 4) is 0 Å². The van der Waals surface area contributed by atoms with Gasteiger partial charge < -0.3 is 10.5 Å². The number of aromatic nitrogens is 2. The number of aryl methyl sites for hydroxylation is 1. The first kappa shape index (κ1) is 11.7. The second-order valence-corrected chi connectivity index (χ2v) is 4.33. The van der Waals surface area contributed by atoms with E-state index in [1.807, 2.05) is 13.8 Å². The zero-order valence-corrected chi connectivity index (χ0v) is 9.57. The van der Waals surface area contributed by atoms with Gasteiger partial charge in [0.25, 0.3) is 0 Å². The Morgan fingerprint density at radius 2 is 2.27 bits per heavy atom. The summed E-state index contributed by atoms with van der Waals surface area (Å²) in [5, 5.41) is 4.05. The standard InChI is InChI=1S/C10H17N3O2/c1-10(2,11)5-7-6-13(3)12-8(7)9(14)15-4/h6H,5,11H2,1-4H3. The first-order valence-corrected chi connectivity index (χ1v) is 4.73. The molecule has 0 aliphatic heterocycles. The van der Waals surface area contributed by atoms with Crippen LogP contribution in [0, 0.1) is 0 Å². The van der Waals surface area contributed by atoms with Crippen LogP contribution in [-0.2, 0) is 18.2 Å². The van der Waals surface area contributed by atoms with E-state index in [1.54, 1.807) is 17.9 Å². The topological polar surface area (TPSA) is 70.1 Å². The number of rotatable bonds is 3. The van der Waals surface area contributed by atoms with Crippen LogP contribution in [-0.4, -0.2) is 28.4 Å². The van der Waals surface area contributed by atoms with Gasteiger partial charge in [0.1, 0.15) is 0 Å². The SMILES string of the molecule is COC(=O)c1nn(C)cc1CC(C)(C)N. The first-order valence-electron chi connectivity index (χ1n) is 4.73. The van der Waals surface area contributed by atoms with Crippen LogP contribution in [0.25, 0.3) is 0 Å². The van der Waals surface area contributed by atoms with Crippen molar-refractivity contribution in [2.45, 2.75) is 25.8 Å². The number of carbonyl (C=O) groups excluding carboxylic acids is 1. The maximum atomic E-state index is 11.4. The lowest BCUT2D eigenvalue weighted by atomic mass is 9.96. The van der Waals surface area contributed by atoms with Gasteiger partial charge in [-0.25, -0.2) is 4.79 Å². The van der Waals surface area contributed by atoms with Crippen LogP contribution in [0.5, 0.6) is 0 Å². The number of ether oxygens (including phenoxy) is 1. The number of hydrogen-bond acceptors (Lipinski definition) is 4. The van der Waals surface area contributed by atoms with E-state index in [0.29, 0.717) is 12.1 Å². The second-order valence-electron chi connectivity index (χ2n) is 4.33. The normalized spacial score (nSPS) is 11.5. The summed E-state index contributed by atoms with van der Waals surface area (Å²) < 4.78 is 6.24. The highest BCUT2D eigenvalue weighted by molar-refractivity contribution is 5.88. The van der Waals surface area contributed by atoms with Gasteiger partial charge in [-0.15, -0.1) is 0 Å². The number of nitrogens with two attached hydrogens (primary N) is 1. The molecule has 0 aliphatic carbocycles. The smallest absolute Gasteiger partial charge is 0.358 e. The number of esters is 1. The van der Waals surface area contributed by atoms with Gasteiger partial charge in [-0.3, -0.25) is 4.68 Å². The lowest BCUT2D eigenvalue weighted by Gasteiger charge is -2.17. The molecule has 1 heterocycles. The van der Waals surface area contributed by atoms with Crippen molar-refractivity contribution in [3.05, 3.63) is 17.5 Å². The first-order chi connectivity index (χ1) is 6.83. The molecule has 1 aromatic rings. The maximum Gasteiger partial charge on any atom is 0.358 e. The summed E-state index contributed by atoms with van der Waals surface area (Å²) in [5.41, 5.74) is 6.69. The molecule has 0 atom stereocenters. The lowest BCUT2D eigenvalue weighted by molar-refractivity contribution is 0.0591. The second kappa shape index (κ2) is 4.02. The summed E-state index contributed by atoms with van der Waals surface area (Å²) in [5.74, 6) is -0.421. The molecule has 0 amide bonds. The third kappa shape index (κ3) is 3.06. The largest absolute Gasteiger partial charge is 0.464 e. The summed E-state index contributed by atoms with van der Waals surface area (Å²) in [6, 6.07) is 0. The van der Waals surface area contributed by atoms with Gasteiger partial charge >= 0.3 is 5.97 Å². The van der Waals surface area contributed by atoms with Crippen LogP contribution in [0.4, 0.5) is 0 Å². The summed E-state index contributed by atoms with van der Waals surface area (Å²) in [7, 11) is 3.10. The summed E-state index contributed by atoms with van der Waals surface area (Å²) in [6.45, 7) is 3.81. The number of nitrogens with zero attached hydrogens (tertiary/aromatic N) is 2. The predicted molar refractivity (Wildman–Crippen MR) is 56.5 cm³/mol. The lowest BCUT2D eigenvalue weighted by Crippen LogP contribution is -2.34. The average molecular weight is 211 g/mol. The highest BCUT2D eigenvalue weighted by Crippen LogP contribution is 2.14.